The zero-order chi connectivity index (χ0) is 20.1. The van der Waals surface area contributed by atoms with Gasteiger partial charge < -0.3 is 10.2 Å². The zero-order valence-corrected chi connectivity index (χ0v) is 17.3. The van der Waals surface area contributed by atoms with Crippen molar-refractivity contribution in [1.29, 1.82) is 0 Å². The second kappa shape index (κ2) is 8.84. The van der Waals surface area contributed by atoms with Gasteiger partial charge in [-0.05, 0) is 61.7 Å². The first kappa shape index (κ1) is 20.5. The van der Waals surface area contributed by atoms with E-state index in [1.54, 1.807) is 35.2 Å². The van der Waals surface area contributed by atoms with Gasteiger partial charge in [-0.3, -0.25) is 4.72 Å². The summed E-state index contributed by atoms with van der Waals surface area (Å²) in [5.41, 5.74) is 1.83. The van der Waals surface area contributed by atoms with Crippen LogP contribution in [0.4, 0.5) is 16.2 Å². The quantitative estimate of drug-likeness (QED) is 0.740. The van der Waals surface area contributed by atoms with E-state index in [1.807, 2.05) is 6.92 Å². The molecule has 0 radical (unpaired) electrons. The predicted molar refractivity (Wildman–Crippen MR) is 112 cm³/mol. The number of rotatable bonds is 4. The molecule has 0 unspecified atom stereocenters. The number of anilines is 2. The van der Waals surface area contributed by atoms with Crippen LogP contribution in [-0.2, 0) is 10.0 Å². The third-order valence-electron chi connectivity index (χ3n) is 4.73. The molecule has 1 aliphatic heterocycles. The number of aryl methyl sites for hydroxylation is 1. The zero-order valence-electron chi connectivity index (χ0n) is 15.7. The van der Waals surface area contributed by atoms with Crippen LogP contribution in [-0.4, -0.2) is 32.4 Å². The van der Waals surface area contributed by atoms with Gasteiger partial charge in [-0.2, -0.15) is 0 Å². The highest BCUT2D eigenvalue weighted by atomic mass is 35.5. The van der Waals surface area contributed by atoms with E-state index in [9.17, 15) is 13.2 Å². The Hall–Kier alpha value is -2.25. The molecule has 0 atom stereocenters. The van der Waals surface area contributed by atoms with Crippen molar-refractivity contribution in [2.75, 3.05) is 23.1 Å². The van der Waals surface area contributed by atoms with Gasteiger partial charge in [0.1, 0.15) is 0 Å². The molecule has 2 N–H and O–H groups in total. The Morgan fingerprint density at radius 3 is 2.18 bits per heavy atom. The minimum atomic E-state index is -3.75. The molecule has 1 aliphatic rings. The van der Waals surface area contributed by atoms with Gasteiger partial charge in [0.15, 0.2) is 0 Å². The average molecular weight is 422 g/mol. The van der Waals surface area contributed by atoms with Crippen LogP contribution in [0.2, 0.25) is 5.02 Å². The highest BCUT2D eigenvalue weighted by molar-refractivity contribution is 7.92. The molecule has 1 fully saturated rings. The van der Waals surface area contributed by atoms with Crippen molar-refractivity contribution in [3.8, 4) is 0 Å². The van der Waals surface area contributed by atoms with E-state index in [1.165, 1.54) is 12.1 Å². The van der Waals surface area contributed by atoms with Crippen LogP contribution in [0.1, 0.15) is 31.2 Å². The van der Waals surface area contributed by atoms with Crippen LogP contribution in [0.5, 0.6) is 0 Å². The predicted octanol–water partition coefficient (Wildman–Crippen LogP) is 4.86. The molecule has 0 bridgehead atoms. The molecule has 2 aromatic carbocycles. The molecule has 2 aromatic rings. The topological polar surface area (TPSA) is 78.5 Å². The van der Waals surface area contributed by atoms with Crippen LogP contribution in [0.15, 0.2) is 47.4 Å². The van der Waals surface area contributed by atoms with Gasteiger partial charge in [0.25, 0.3) is 10.0 Å². The number of sulfonamides is 1. The molecular weight excluding hydrogens is 398 g/mol. The second-order valence-corrected chi connectivity index (χ2v) is 9.01. The van der Waals surface area contributed by atoms with Gasteiger partial charge in [0.05, 0.1) is 10.6 Å². The minimum absolute atomic E-state index is 0.108. The fourth-order valence-electron chi connectivity index (χ4n) is 3.06. The summed E-state index contributed by atoms with van der Waals surface area (Å²) in [7, 11) is -3.75. The molecule has 1 saturated heterocycles. The number of hydrogen-bond acceptors (Lipinski definition) is 3. The van der Waals surface area contributed by atoms with Crippen LogP contribution in [0.25, 0.3) is 0 Å². The van der Waals surface area contributed by atoms with E-state index >= 15 is 0 Å². The van der Waals surface area contributed by atoms with Crippen molar-refractivity contribution in [3.05, 3.63) is 53.1 Å². The number of nitrogens with one attached hydrogen (secondary N) is 2. The van der Waals surface area contributed by atoms with E-state index in [4.69, 9.17) is 11.6 Å². The molecule has 0 aliphatic carbocycles. The van der Waals surface area contributed by atoms with Crippen LogP contribution < -0.4 is 10.0 Å². The lowest BCUT2D eigenvalue weighted by atomic mass is 10.2. The van der Waals surface area contributed by atoms with E-state index < -0.39 is 10.0 Å². The number of likely N-dealkylation sites (tertiary alicyclic amines) is 1. The lowest BCUT2D eigenvalue weighted by molar-refractivity contribution is 0.214. The number of benzene rings is 2. The largest absolute Gasteiger partial charge is 0.325 e. The fourth-order valence-corrected chi connectivity index (χ4v) is 4.29. The van der Waals surface area contributed by atoms with E-state index in [2.05, 4.69) is 10.0 Å². The maximum Gasteiger partial charge on any atom is 0.321 e. The molecule has 28 heavy (non-hydrogen) atoms. The fraction of sp³-hybridized carbons (Fsp3) is 0.350. The monoisotopic (exact) mass is 421 g/mol. The summed E-state index contributed by atoms with van der Waals surface area (Å²) in [6.45, 7) is 3.35. The summed E-state index contributed by atoms with van der Waals surface area (Å²) in [5, 5.41) is 3.33. The molecule has 1 heterocycles. The first-order chi connectivity index (χ1) is 13.3. The number of hydrogen-bond donors (Lipinski definition) is 2. The van der Waals surface area contributed by atoms with Gasteiger partial charge in [-0.15, -0.1) is 0 Å². The maximum atomic E-state index is 12.6. The number of urea groups is 1. The lowest BCUT2D eigenvalue weighted by Crippen LogP contribution is -2.35. The Kier molecular flexibility index (Phi) is 6.46. The number of carbonyl (C=O) groups excluding carboxylic acids is 1. The van der Waals surface area contributed by atoms with Crippen LogP contribution in [0, 0.1) is 6.92 Å². The number of halogens is 1. The summed E-state index contributed by atoms with van der Waals surface area (Å²) >= 11 is 6.05. The van der Waals surface area contributed by atoms with Crippen LogP contribution in [0.3, 0.4) is 0 Å². The molecule has 0 spiro atoms. The number of carbonyl (C=O) groups is 1. The Bertz CT molecular complexity index is 938. The number of nitrogens with zero attached hydrogens (tertiary/aromatic N) is 1. The van der Waals surface area contributed by atoms with Gasteiger partial charge >= 0.3 is 6.03 Å². The lowest BCUT2D eigenvalue weighted by Gasteiger charge is -2.20. The molecule has 150 valence electrons. The van der Waals surface area contributed by atoms with Gasteiger partial charge in [0, 0.05) is 23.8 Å². The first-order valence-electron chi connectivity index (χ1n) is 9.30. The first-order valence-corrected chi connectivity index (χ1v) is 11.2. The SMILES string of the molecule is Cc1ccc(NS(=O)(=O)c2ccc(NC(=O)N3CCCCCC3)cc2)cc1Cl. The second-order valence-electron chi connectivity index (χ2n) is 6.93. The average Bonchev–Trinajstić information content (AvgIpc) is 2.94. The van der Waals surface area contributed by atoms with Crippen molar-refractivity contribution in [1.82, 2.24) is 4.90 Å². The van der Waals surface area contributed by atoms with Crippen molar-refractivity contribution >= 4 is 39.0 Å². The van der Waals surface area contributed by atoms with E-state index in [0.717, 1.165) is 44.3 Å². The smallest absolute Gasteiger partial charge is 0.321 e. The van der Waals surface area contributed by atoms with E-state index in [0.29, 0.717) is 16.4 Å². The molecular formula is C20H24ClN3O3S. The summed E-state index contributed by atoms with van der Waals surface area (Å²) in [4.78, 5) is 14.3. The summed E-state index contributed by atoms with van der Waals surface area (Å²) in [6.07, 6.45) is 4.32. The molecule has 8 heteroatoms. The van der Waals surface area contributed by atoms with E-state index in [-0.39, 0.29) is 10.9 Å². The Labute approximate surface area is 170 Å². The highest BCUT2D eigenvalue weighted by Gasteiger charge is 2.17. The van der Waals surface area contributed by atoms with Gasteiger partial charge in [-0.25, -0.2) is 13.2 Å². The summed E-state index contributed by atoms with van der Waals surface area (Å²) in [6, 6.07) is 11.0. The Morgan fingerprint density at radius 1 is 0.964 bits per heavy atom. The Morgan fingerprint density at radius 2 is 1.57 bits per heavy atom. The Balaban J connectivity index is 1.67. The van der Waals surface area contributed by atoms with Crippen molar-refractivity contribution in [2.45, 2.75) is 37.5 Å². The third-order valence-corrected chi connectivity index (χ3v) is 6.54. The maximum absolute atomic E-state index is 12.6. The normalized spacial score (nSPS) is 15.0. The van der Waals surface area contributed by atoms with Crippen molar-refractivity contribution in [3.63, 3.8) is 0 Å². The van der Waals surface area contributed by atoms with Crippen molar-refractivity contribution in [2.24, 2.45) is 0 Å². The molecule has 3 rings (SSSR count). The third kappa shape index (κ3) is 5.17. The standard InChI is InChI=1S/C20H24ClN3O3S/c1-15-6-7-17(14-19(15)21)23-28(26,27)18-10-8-16(9-11-18)22-20(25)24-12-4-2-3-5-13-24/h6-11,14,23H,2-5,12-13H2,1H3,(H,22,25). The molecule has 0 saturated carbocycles. The summed E-state index contributed by atoms with van der Waals surface area (Å²) < 4.78 is 27.6. The molecule has 2 amide bonds. The summed E-state index contributed by atoms with van der Waals surface area (Å²) in [5.74, 6) is 0. The number of amides is 2. The minimum Gasteiger partial charge on any atom is -0.325 e. The molecule has 6 nitrogen and oxygen atoms in total. The van der Waals surface area contributed by atoms with Gasteiger partial charge in [-0.1, -0.05) is 30.5 Å². The molecule has 0 aromatic heterocycles. The van der Waals surface area contributed by atoms with Crippen LogP contribution >= 0.6 is 11.6 Å². The van der Waals surface area contributed by atoms with Crippen molar-refractivity contribution < 1.29 is 13.2 Å². The highest BCUT2D eigenvalue weighted by Crippen LogP contribution is 2.23. The van der Waals surface area contributed by atoms with Gasteiger partial charge in [0.2, 0.25) is 0 Å².